The van der Waals surface area contributed by atoms with Gasteiger partial charge in [-0.2, -0.15) is 0 Å². The van der Waals surface area contributed by atoms with Crippen LogP contribution >= 0.6 is 0 Å². The number of halogens is 1. The largest absolute Gasteiger partial charge is 0.496 e. The molecule has 2 rings (SSSR count). The highest BCUT2D eigenvalue weighted by Crippen LogP contribution is 2.54. The van der Waals surface area contributed by atoms with Crippen molar-refractivity contribution in [3.63, 3.8) is 0 Å². The van der Waals surface area contributed by atoms with E-state index in [0.29, 0.717) is 12.4 Å². The van der Waals surface area contributed by atoms with Gasteiger partial charge in [-0.15, -0.1) is 0 Å². The maximum atomic E-state index is 13.6. The molecule has 4 heteroatoms. The van der Waals surface area contributed by atoms with Crippen molar-refractivity contribution in [2.45, 2.75) is 37.8 Å². The Morgan fingerprint density at radius 1 is 1.39 bits per heavy atom. The van der Waals surface area contributed by atoms with Crippen LogP contribution in [0.1, 0.15) is 30.9 Å². The molecule has 0 radical (unpaired) electrons. The molecule has 100 valence electrons. The predicted molar refractivity (Wildman–Crippen MR) is 68.2 cm³/mol. The van der Waals surface area contributed by atoms with Crippen LogP contribution in [0.2, 0.25) is 0 Å². The minimum absolute atomic E-state index is 0.0208. The van der Waals surface area contributed by atoms with Gasteiger partial charge in [-0.25, -0.2) is 4.39 Å². The van der Waals surface area contributed by atoms with E-state index in [1.54, 1.807) is 14.2 Å². The molecule has 0 spiro atoms. The molecule has 1 saturated carbocycles. The van der Waals surface area contributed by atoms with Crippen LogP contribution in [-0.2, 0) is 16.8 Å². The smallest absolute Gasteiger partial charge is 0.127 e. The van der Waals surface area contributed by atoms with E-state index >= 15 is 0 Å². The molecule has 1 aliphatic rings. The van der Waals surface area contributed by atoms with Gasteiger partial charge < -0.3 is 15.2 Å². The van der Waals surface area contributed by atoms with Crippen molar-refractivity contribution in [3.05, 3.63) is 29.1 Å². The van der Waals surface area contributed by atoms with Gasteiger partial charge in [0.05, 0.1) is 13.7 Å². The Kier molecular flexibility index (Phi) is 3.59. The van der Waals surface area contributed by atoms with Crippen LogP contribution in [0.3, 0.4) is 0 Å². The zero-order valence-electron chi connectivity index (χ0n) is 11.1. The number of hydrogen-bond acceptors (Lipinski definition) is 3. The Labute approximate surface area is 107 Å². The third-order valence-electron chi connectivity index (χ3n) is 3.83. The molecule has 0 aromatic heterocycles. The van der Waals surface area contributed by atoms with Gasteiger partial charge in [0.2, 0.25) is 0 Å². The second kappa shape index (κ2) is 4.86. The molecule has 1 aromatic carbocycles. The van der Waals surface area contributed by atoms with E-state index < -0.39 is 0 Å². The fourth-order valence-corrected chi connectivity index (χ4v) is 2.70. The minimum Gasteiger partial charge on any atom is -0.496 e. The molecule has 0 amide bonds. The Morgan fingerprint density at radius 2 is 2.06 bits per heavy atom. The number of nitrogens with two attached hydrogens (primary N) is 1. The molecule has 0 bridgehead atoms. The Morgan fingerprint density at radius 3 is 2.50 bits per heavy atom. The lowest BCUT2D eigenvalue weighted by molar-refractivity contribution is 0.182. The molecule has 1 unspecified atom stereocenters. The SMILES string of the molecule is COCc1cc(F)cc(OC)c1C1(C(C)N)CC1. The van der Waals surface area contributed by atoms with Gasteiger partial charge in [0.25, 0.3) is 0 Å². The van der Waals surface area contributed by atoms with Crippen molar-refractivity contribution in [2.75, 3.05) is 14.2 Å². The number of benzene rings is 1. The lowest BCUT2D eigenvalue weighted by Crippen LogP contribution is -2.33. The normalized spacial score (nSPS) is 18.5. The summed E-state index contributed by atoms with van der Waals surface area (Å²) < 4.78 is 24.1. The van der Waals surface area contributed by atoms with Crippen LogP contribution in [0, 0.1) is 5.82 Å². The summed E-state index contributed by atoms with van der Waals surface area (Å²) in [7, 11) is 3.17. The maximum absolute atomic E-state index is 13.6. The van der Waals surface area contributed by atoms with Crippen LogP contribution in [0.15, 0.2) is 12.1 Å². The van der Waals surface area contributed by atoms with Gasteiger partial charge in [-0.05, 0) is 31.4 Å². The van der Waals surface area contributed by atoms with Crippen LogP contribution < -0.4 is 10.5 Å². The first-order valence-corrected chi connectivity index (χ1v) is 6.16. The van der Waals surface area contributed by atoms with E-state index in [2.05, 4.69) is 0 Å². The third-order valence-corrected chi connectivity index (χ3v) is 3.83. The molecule has 18 heavy (non-hydrogen) atoms. The van der Waals surface area contributed by atoms with E-state index in [1.807, 2.05) is 6.92 Å². The van der Waals surface area contributed by atoms with Gasteiger partial charge >= 0.3 is 0 Å². The summed E-state index contributed by atoms with van der Waals surface area (Å²) >= 11 is 0. The average Bonchev–Trinajstić information content (AvgIpc) is 3.09. The summed E-state index contributed by atoms with van der Waals surface area (Å²) in [5.74, 6) is 0.278. The van der Waals surface area contributed by atoms with E-state index in [-0.39, 0.29) is 17.3 Å². The topological polar surface area (TPSA) is 44.5 Å². The van der Waals surface area contributed by atoms with E-state index in [9.17, 15) is 4.39 Å². The maximum Gasteiger partial charge on any atom is 0.127 e. The summed E-state index contributed by atoms with van der Waals surface area (Å²) in [6.45, 7) is 2.37. The van der Waals surface area contributed by atoms with Gasteiger partial charge in [-0.1, -0.05) is 0 Å². The molecule has 2 N–H and O–H groups in total. The van der Waals surface area contributed by atoms with Crippen LogP contribution in [-0.4, -0.2) is 20.3 Å². The Hall–Kier alpha value is -1.13. The number of methoxy groups -OCH3 is 2. The van der Waals surface area contributed by atoms with Gasteiger partial charge in [0.15, 0.2) is 0 Å². The minimum atomic E-state index is -0.303. The summed E-state index contributed by atoms with van der Waals surface area (Å²) in [5, 5.41) is 0. The predicted octanol–water partition coefficient (Wildman–Crippen LogP) is 2.36. The second-order valence-corrected chi connectivity index (χ2v) is 5.02. The quantitative estimate of drug-likeness (QED) is 0.876. The molecule has 1 aromatic rings. The lowest BCUT2D eigenvalue weighted by atomic mass is 9.85. The van der Waals surface area contributed by atoms with Crippen molar-refractivity contribution < 1.29 is 13.9 Å². The van der Waals surface area contributed by atoms with Crippen molar-refractivity contribution in [2.24, 2.45) is 5.73 Å². The van der Waals surface area contributed by atoms with Crippen molar-refractivity contribution in [1.29, 1.82) is 0 Å². The molecule has 0 saturated heterocycles. The Balaban J connectivity index is 2.56. The highest BCUT2D eigenvalue weighted by Gasteiger charge is 2.50. The van der Waals surface area contributed by atoms with Crippen LogP contribution in [0.4, 0.5) is 4.39 Å². The van der Waals surface area contributed by atoms with Crippen molar-refractivity contribution in [3.8, 4) is 5.75 Å². The molecule has 1 aliphatic carbocycles. The first kappa shape index (κ1) is 13.3. The summed E-state index contributed by atoms with van der Waals surface area (Å²) in [4.78, 5) is 0. The zero-order chi connectivity index (χ0) is 13.3. The molecular weight excluding hydrogens is 233 g/mol. The van der Waals surface area contributed by atoms with Gasteiger partial charge in [-0.3, -0.25) is 0 Å². The van der Waals surface area contributed by atoms with E-state index in [1.165, 1.54) is 12.1 Å². The first-order valence-electron chi connectivity index (χ1n) is 6.16. The summed E-state index contributed by atoms with van der Waals surface area (Å²) in [6, 6.07) is 2.97. The van der Waals surface area contributed by atoms with Crippen molar-refractivity contribution >= 4 is 0 Å². The van der Waals surface area contributed by atoms with Gasteiger partial charge in [0.1, 0.15) is 11.6 Å². The van der Waals surface area contributed by atoms with Gasteiger partial charge in [0, 0.05) is 30.2 Å². The average molecular weight is 253 g/mol. The standard InChI is InChI=1S/C14H20FNO2/c1-9(16)14(4-5-14)13-10(8-17-2)6-11(15)7-12(13)18-3/h6-7,9H,4-5,8,16H2,1-3H3. The first-order chi connectivity index (χ1) is 8.55. The molecular formula is C14H20FNO2. The zero-order valence-corrected chi connectivity index (χ0v) is 11.1. The number of ether oxygens (including phenoxy) is 2. The molecule has 0 aliphatic heterocycles. The highest BCUT2D eigenvalue weighted by atomic mass is 19.1. The Bertz CT molecular complexity index is 442. The summed E-state index contributed by atoms with van der Waals surface area (Å²) in [5.41, 5.74) is 7.88. The lowest BCUT2D eigenvalue weighted by Gasteiger charge is -2.25. The van der Waals surface area contributed by atoms with Crippen LogP contribution in [0.25, 0.3) is 0 Å². The summed E-state index contributed by atoms with van der Waals surface area (Å²) in [6.07, 6.45) is 2.03. The molecule has 0 heterocycles. The highest BCUT2D eigenvalue weighted by molar-refractivity contribution is 5.50. The monoisotopic (exact) mass is 253 g/mol. The number of rotatable bonds is 5. The van der Waals surface area contributed by atoms with E-state index in [0.717, 1.165) is 24.0 Å². The molecule has 3 nitrogen and oxygen atoms in total. The third kappa shape index (κ3) is 2.10. The van der Waals surface area contributed by atoms with Crippen molar-refractivity contribution in [1.82, 2.24) is 0 Å². The molecule has 1 fully saturated rings. The second-order valence-electron chi connectivity index (χ2n) is 5.02. The fraction of sp³-hybridized carbons (Fsp3) is 0.571. The fourth-order valence-electron chi connectivity index (χ4n) is 2.70. The van der Waals surface area contributed by atoms with Crippen LogP contribution in [0.5, 0.6) is 5.75 Å². The van der Waals surface area contributed by atoms with E-state index in [4.69, 9.17) is 15.2 Å². The number of hydrogen-bond donors (Lipinski definition) is 1. The molecule has 1 atom stereocenters.